The lowest BCUT2D eigenvalue weighted by atomic mass is 10.2. The van der Waals surface area contributed by atoms with Crippen molar-refractivity contribution in [3.63, 3.8) is 0 Å². The van der Waals surface area contributed by atoms with Crippen LogP contribution >= 0.6 is 11.6 Å². The van der Waals surface area contributed by atoms with E-state index < -0.39 is 0 Å². The molecule has 0 aliphatic heterocycles. The van der Waals surface area contributed by atoms with Gasteiger partial charge in [0.25, 0.3) is 5.91 Å². The van der Waals surface area contributed by atoms with Crippen LogP contribution in [0.2, 0.25) is 5.02 Å². The van der Waals surface area contributed by atoms with E-state index in [2.05, 4.69) is 10.3 Å². The quantitative estimate of drug-likeness (QED) is 0.728. The molecule has 0 aliphatic carbocycles. The summed E-state index contributed by atoms with van der Waals surface area (Å²) in [7, 11) is 0. The van der Waals surface area contributed by atoms with Crippen LogP contribution in [0.15, 0.2) is 24.3 Å². The SMILES string of the molecule is O=C(NCCCO)c1cc2cc(Cl)ccc2[nH]1. The van der Waals surface area contributed by atoms with E-state index in [4.69, 9.17) is 16.7 Å². The smallest absolute Gasteiger partial charge is 0.267 e. The Kier molecular flexibility index (Phi) is 3.66. The van der Waals surface area contributed by atoms with E-state index >= 15 is 0 Å². The van der Waals surface area contributed by atoms with E-state index in [1.54, 1.807) is 18.2 Å². The number of amides is 1. The number of H-pyrrole nitrogens is 1. The third-order valence-corrected chi connectivity index (χ3v) is 2.68. The van der Waals surface area contributed by atoms with E-state index in [0.29, 0.717) is 23.7 Å². The zero-order valence-electron chi connectivity index (χ0n) is 9.16. The van der Waals surface area contributed by atoms with Crippen LogP contribution in [0.3, 0.4) is 0 Å². The van der Waals surface area contributed by atoms with E-state index in [1.165, 1.54) is 0 Å². The Bertz CT molecular complexity index is 536. The van der Waals surface area contributed by atoms with Crippen molar-refractivity contribution < 1.29 is 9.90 Å². The molecule has 0 saturated carbocycles. The number of halogens is 1. The van der Waals surface area contributed by atoms with Crippen LogP contribution in [0.4, 0.5) is 0 Å². The Morgan fingerprint density at radius 2 is 2.24 bits per heavy atom. The van der Waals surface area contributed by atoms with Gasteiger partial charge in [-0.1, -0.05) is 11.6 Å². The molecule has 0 fully saturated rings. The van der Waals surface area contributed by atoms with Gasteiger partial charge in [-0.25, -0.2) is 0 Å². The highest BCUT2D eigenvalue weighted by Crippen LogP contribution is 2.19. The van der Waals surface area contributed by atoms with E-state index in [1.807, 2.05) is 6.07 Å². The number of rotatable bonds is 4. The molecular formula is C12H13ClN2O2. The van der Waals surface area contributed by atoms with Gasteiger partial charge in [-0.3, -0.25) is 4.79 Å². The molecule has 0 saturated heterocycles. The Balaban J connectivity index is 2.15. The molecule has 2 aromatic rings. The first-order valence-corrected chi connectivity index (χ1v) is 5.76. The highest BCUT2D eigenvalue weighted by molar-refractivity contribution is 6.31. The summed E-state index contributed by atoms with van der Waals surface area (Å²) in [4.78, 5) is 14.7. The van der Waals surface area contributed by atoms with Gasteiger partial charge in [0, 0.05) is 29.1 Å². The van der Waals surface area contributed by atoms with E-state index in [9.17, 15) is 4.79 Å². The second-order valence-electron chi connectivity index (χ2n) is 3.75. The molecule has 17 heavy (non-hydrogen) atoms. The summed E-state index contributed by atoms with van der Waals surface area (Å²) in [5.41, 5.74) is 1.38. The zero-order valence-corrected chi connectivity index (χ0v) is 9.92. The number of fused-ring (bicyclic) bond motifs is 1. The van der Waals surface area contributed by atoms with Crippen molar-refractivity contribution in [2.75, 3.05) is 13.2 Å². The minimum atomic E-state index is -0.175. The first-order valence-electron chi connectivity index (χ1n) is 5.38. The Hall–Kier alpha value is -1.52. The van der Waals surface area contributed by atoms with Crippen LogP contribution in [-0.2, 0) is 0 Å². The highest BCUT2D eigenvalue weighted by atomic mass is 35.5. The number of benzene rings is 1. The summed E-state index contributed by atoms with van der Waals surface area (Å²) in [6, 6.07) is 7.17. The molecular weight excluding hydrogens is 240 g/mol. The Labute approximate surface area is 104 Å². The molecule has 0 spiro atoms. The molecule has 2 rings (SSSR count). The molecule has 0 bridgehead atoms. The number of aliphatic hydroxyl groups excluding tert-OH is 1. The van der Waals surface area contributed by atoms with Crippen molar-refractivity contribution in [2.45, 2.75) is 6.42 Å². The number of hydrogen-bond acceptors (Lipinski definition) is 2. The molecule has 1 heterocycles. The molecule has 0 unspecified atom stereocenters. The average Bonchev–Trinajstić information content (AvgIpc) is 2.72. The van der Waals surface area contributed by atoms with Gasteiger partial charge in [-0.15, -0.1) is 0 Å². The van der Waals surface area contributed by atoms with Gasteiger partial charge in [0.2, 0.25) is 0 Å². The second kappa shape index (κ2) is 5.21. The van der Waals surface area contributed by atoms with Gasteiger partial charge in [0.1, 0.15) is 5.69 Å². The van der Waals surface area contributed by atoms with Crippen molar-refractivity contribution in [3.05, 3.63) is 35.0 Å². The Morgan fingerprint density at radius 3 is 3.00 bits per heavy atom. The largest absolute Gasteiger partial charge is 0.396 e. The minimum absolute atomic E-state index is 0.0720. The molecule has 0 radical (unpaired) electrons. The maximum atomic E-state index is 11.7. The topological polar surface area (TPSA) is 65.1 Å². The van der Waals surface area contributed by atoms with Gasteiger partial charge >= 0.3 is 0 Å². The van der Waals surface area contributed by atoms with Gasteiger partial charge < -0.3 is 15.4 Å². The highest BCUT2D eigenvalue weighted by Gasteiger charge is 2.08. The van der Waals surface area contributed by atoms with Crippen LogP contribution < -0.4 is 5.32 Å². The molecule has 4 nitrogen and oxygen atoms in total. The fourth-order valence-corrected chi connectivity index (χ4v) is 1.78. The first-order chi connectivity index (χ1) is 8.20. The second-order valence-corrected chi connectivity index (χ2v) is 4.18. The molecule has 1 aromatic heterocycles. The zero-order chi connectivity index (χ0) is 12.3. The summed E-state index contributed by atoms with van der Waals surface area (Å²) in [5.74, 6) is -0.175. The molecule has 0 atom stereocenters. The van der Waals surface area contributed by atoms with Crippen LogP contribution in [0.5, 0.6) is 0 Å². The molecule has 5 heteroatoms. The lowest BCUT2D eigenvalue weighted by Crippen LogP contribution is -2.25. The fraction of sp³-hybridized carbons (Fsp3) is 0.250. The molecule has 90 valence electrons. The maximum absolute atomic E-state index is 11.7. The average molecular weight is 253 g/mol. The van der Waals surface area contributed by atoms with Crippen molar-refractivity contribution in [2.24, 2.45) is 0 Å². The summed E-state index contributed by atoms with van der Waals surface area (Å²) in [6.45, 7) is 0.536. The van der Waals surface area contributed by atoms with Crippen LogP contribution in [-0.4, -0.2) is 29.1 Å². The maximum Gasteiger partial charge on any atom is 0.267 e. The standard InChI is InChI=1S/C12H13ClN2O2/c13-9-2-3-10-8(6-9)7-11(15-10)12(17)14-4-1-5-16/h2-3,6-7,15-16H,1,4-5H2,(H,14,17). The third kappa shape index (κ3) is 2.78. The minimum Gasteiger partial charge on any atom is -0.396 e. The first kappa shape index (κ1) is 12.0. The normalized spacial score (nSPS) is 10.7. The number of aromatic amines is 1. The monoisotopic (exact) mass is 252 g/mol. The van der Waals surface area contributed by atoms with Crippen molar-refractivity contribution in [1.82, 2.24) is 10.3 Å². The number of aromatic nitrogens is 1. The van der Waals surface area contributed by atoms with Crippen LogP contribution in [0, 0.1) is 0 Å². The summed E-state index contributed by atoms with van der Waals surface area (Å²) in [6.07, 6.45) is 0.553. The van der Waals surface area contributed by atoms with Crippen molar-refractivity contribution >= 4 is 28.4 Å². The lowest BCUT2D eigenvalue weighted by molar-refractivity contribution is 0.0947. The van der Waals surface area contributed by atoms with Crippen molar-refractivity contribution in [3.8, 4) is 0 Å². The fourth-order valence-electron chi connectivity index (χ4n) is 1.60. The summed E-state index contributed by atoms with van der Waals surface area (Å²) < 4.78 is 0. The Morgan fingerprint density at radius 1 is 1.41 bits per heavy atom. The predicted octanol–water partition coefficient (Wildman–Crippen LogP) is 1.93. The predicted molar refractivity (Wildman–Crippen MR) is 67.3 cm³/mol. The molecule has 1 amide bonds. The number of carbonyl (C=O) groups excluding carboxylic acids is 1. The van der Waals surface area contributed by atoms with Crippen molar-refractivity contribution in [1.29, 1.82) is 0 Å². The van der Waals surface area contributed by atoms with Gasteiger partial charge in [-0.2, -0.15) is 0 Å². The summed E-state index contributed by atoms with van der Waals surface area (Å²) >= 11 is 5.87. The number of aliphatic hydroxyl groups is 1. The summed E-state index contributed by atoms with van der Waals surface area (Å²) in [5, 5.41) is 12.9. The van der Waals surface area contributed by atoms with Crippen LogP contribution in [0.1, 0.15) is 16.9 Å². The van der Waals surface area contributed by atoms with Gasteiger partial charge in [-0.05, 0) is 30.7 Å². The van der Waals surface area contributed by atoms with E-state index in [0.717, 1.165) is 10.9 Å². The van der Waals surface area contributed by atoms with E-state index in [-0.39, 0.29) is 12.5 Å². The van der Waals surface area contributed by atoms with Crippen LogP contribution in [0.25, 0.3) is 10.9 Å². The molecule has 3 N–H and O–H groups in total. The molecule has 1 aromatic carbocycles. The molecule has 0 aliphatic rings. The third-order valence-electron chi connectivity index (χ3n) is 2.45. The number of carbonyl (C=O) groups is 1. The number of nitrogens with one attached hydrogen (secondary N) is 2. The van der Waals surface area contributed by atoms with Gasteiger partial charge in [0.05, 0.1) is 0 Å². The van der Waals surface area contributed by atoms with Gasteiger partial charge in [0.15, 0.2) is 0 Å². The lowest BCUT2D eigenvalue weighted by Gasteiger charge is -2.00. The number of hydrogen-bond donors (Lipinski definition) is 3.